The summed E-state index contributed by atoms with van der Waals surface area (Å²) in [5, 5.41) is 6.11. The molecule has 2 N–H and O–H groups in total. The number of thiophene rings is 1. The van der Waals surface area contributed by atoms with Crippen molar-refractivity contribution in [2.24, 2.45) is 11.7 Å². The van der Waals surface area contributed by atoms with E-state index in [1.165, 1.54) is 12.8 Å². The number of rotatable bonds is 4. The second kappa shape index (κ2) is 6.03. The largest absolute Gasteiger partial charge is 0.333 e. The Morgan fingerprint density at radius 3 is 3.15 bits per heavy atom. The van der Waals surface area contributed by atoms with Gasteiger partial charge in [0.15, 0.2) is 5.82 Å². The highest BCUT2D eigenvalue weighted by Gasteiger charge is 2.26. The molecule has 2 aromatic heterocycles. The predicted molar refractivity (Wildman–Crippen MR) is 79.3 cm³/mol. The minimum absolute atomic E-state index is 0.557. The molecule has 5 nitrogen and oxygen atoms in total. The van der Waals surface area contributed by atoms with Gasteiger partial charge in [-0.1, -0.05) is 11.2 Å². The van der Waals surface area contributed by atoms with Crippen molar-refractivity contribution in [1.29, 1.82) is 0 Å². The van der Waals surface area contributed by atoms with Crippen LogP contribution in [-0.4, -0.2) is 34.2 Å². The minimum Gasteiger partial charge on any atom is -0.333 e. The normalized spacial score (nSPS) is 24.1. The van der Waals surface area contributed by atoms with Crippen LogP contribution in [0, 0.1) is 5.92 Å². The van der Waals surface area contributed by atoms with Crippen LogP contribution in [0.15, 0.2) is 22.0 Å². The van der Waals surface area contributed by atoms with Gasteiger partial charge in [0, 0.05) is 12.6 Å². The number of hydrogen-bond acceptors (Lipinski definition) is 6. The molecule has 1 saturated heterocycles. The topological polar surface area (TPSA) is 68.2 Å². The molecule has 2 atom stereocenters. The van der Waals surface area contributed by atoms with Crippen molar-refractivity contribution in [2.75, 3.05) is 13.1 Å². The van der Waals surface area contributed by atoms with Crippen LogP contribution in [0.3, 0.4) is 0 Å². The summed E-state index contributed by atoms with van der Waals surface area (Å²) >= 11 is 1.61. The zero-order valence-corrected chi connectivity index (χ0v) is 12.5. The van der Waals surface area contributed by atoms with Crippen LogP contribution in [0.1, 0.15) is 25.6 Å². The van der Waals surface area contributed by atoms with E-state index in [2.05, 4.69) is 22.0 Å². The van der Waals surface area contributed by atoms with Crippen molar-refractivity contribution in [2.45, 2.75) is 32.4 Å². The Hall–Kier alpha value is -1.24. The zero-order valence-electron chi connectivity index (χ0n) is 11.7. The van der Waals surface area contributed by atoms with Crippen LogP contribution in [0.5, 0.6) is 0 Å². The molecule has 0 radical (unpaired) electrons. The van der Waals surface area contributed by atoms with Crippen molar-refractivity contribution < 1.29 is 4.52 Å². The maximum atomic E-state index is 5.80. The Labute approximate surface area is 122 Å². The molecular formula is C14H20N4OS. The summed E-state index contributed by atoms with van der Waals surface area (Å²) in [5.74, 6) is 1.97. The first-order valence-corrected chi connectivity index (χ1v) is 7.95. The van der Waals surface area contributed by atoms with E-state index in [0.717, 1.165) is 30.3 Å². The Balaban J connectivity index is 1.68. The highest BCUT2D eigenvalue weighted by molar-refractivity contribution is 7.13. The molecule has 3 heterocycles. The highest BCUT2D eigenvalue weighted by atomic mass is 32.1. The second-order valence-corrected chi connectivity index (χ2v) is 6.40. The zero-order chi connectivity index (χ0) is 13.9. The van der Waals surface area contributed by atoms with E-state index in [4.69, 9.17) is 10.3 Å². The number of hydrogen-bond donors (Lipinski definition) is 1. The average Bonchev–Trinajstić information content (AvgIpc) is 3.12. The lowest BCUT2D eigenvalue weighted by Gasteiger charge is -2.36. The molecule has 2 unspecified atom stereocenters. The van der Waals surface area contributed by atoms with Crippen molar-refractivity contribution in [3.05, 3.63) is 23.3 Å². The first-order chi connectivity index (χ1) is 9.76. The summed E-state index contributed by atoms with van der Waals surface area (Å²) < 4.78 is 5.34. The Kier molecular flexibility index (Phi) is 4.14. The third-order valence-electron chi connectivity index (χ3n) is 3.99. The third-order valence-corrected chi connectivity index (χ3v) is 4.84. The predicted octanol–water partition coefficient (Wildman–Crippen LogP) is 2.36. The van der Waals surface area contributed by atoms with Crippen molar-refractivity contribution in [3.63, 3.8) is 0 Å². The lowest BCUT2D eigenvalue weighted by Crippen LogP contribution is -2.43. The molecule has 0 amide bonds. The maximum absolute atomic E-state index is 5.80. The van der Waals surface area contributed by atoms with Crippen LogP contribution < -0.4 is 5.73 Å². The molecule has 1 aliphatic heterocycles. The number of piperidine rings is 1. The SMILES string of the molecule is CC1CCC(CN)CN1Cc1noc(-c2cccs2)n1. The second-order valence-electron chi connectivity index (χ2n) is 5.45. The molecule has 0 aliphatic carbocycles. The molecule has 108 valence electrons. The lowest BCUT2D eigenvalue weighted by atomic mass is 9.93. The Morgan fingerprint density at radius 2 is 2.40 bits per heavy atom. The Bertz CT molecular complexity index is 539. The summed E-state index contributed by atoms with van der Waals surface area (Å²) in [6, 6.07) is 4.54. The molecule has 3 rings (SSSR count). The minimum atomic E-state index is 0.557. The van der Waals surface area contributed by atoms with Gasteiger partial charge in [-0.25, -0.2) is 0 Å². The van der Waals surface area contributed by atoms with Gasteiger partial charge in [-0.2, -0.15) is 4.98 Å². The smallest absolute Gasteiger partial charge is 0.268 e. The first kappa shape index (κ1) is 13.7. The monoisotopic (exact) mass is 292 g/mol. The summed E-state index contributed by atoms with van der Waals surface area (Å²) in [4.78, 5) is 7.92. The molecule has 0 bridgehead atoms. The lowest BCUT2D eigenvalue weighted by molar-refractivity contribution is 0.109. The van der Waals surface area contributed by atoms with E-state index in [1.54, 1.807) is 11.3 Å². The van der Waals surface area contributed by atoms with E-state index in [1.807, 2.05) is 17.5 Å². The van der Waals surface area contributed by atoms with E-state index in [0.29, 0.717) is 17.9 Å². The number of likely N-dealkylation sites (tertiary alicyclic amines) is 1. The molecular weight excluding hydrogens is 272 g/mol. The van der Waals surface area contributed by atoms with Gasteiger partial charge < -0.3 is 10.3 Å². The summed E-state index contributed by atoms with van der Waals surface area (Å²) in [6.45, 7) is 4.79. The van der Waals surface area contributed by atoms with Crippen LogP contribution in [-0.2, 0) is 6.54 Å². The quantitative estimate of drug-likeness (QED) is 0.937. The molecule has 0 saturated carbocycles. The molecule has 2 aromatic rings. The molecule has 1 aliphatic rings. The van der Waals surface area contributed by atoms with Crippen LogP contribution in [0.2, 0.25) is 0 Å². The van der Waals surface area contributed by atoms with Gasteiger partial charge >= 0.3 is 0 Å². The fraction of sp³-hybridized carbons (Fsp3) is 0.571. The van der Waals surface area contributed by atoms with Gasteiger partial charge in [-0.15, -0.1) is 11.3 Å². The van der Waals surface area contributed by atoms with Gasteiger partial charge in [0.05, 0.1) is 11.4 Å². The van der Waals surface area contributed by atoms with E-state index < -0.39 is 0 Å². The fourth-order valence-corrected chi connectivity index (χ4v) is 3.32. The molecule has 0 spiro atoms. The van der Waals surface area contributed by atoms with Crippen molar-refractivity contribution in [1.82, 2.24) is 15.0 Å². The van der Waals surface area contributed by atoms with Gasteiger partial charge in [-0.05, 0) is 43.7 Å². The van der Waals surface area contributed by atoms with Gasteiger partial charge in [0.25, 0.3) is 5.89 Å². The van der Waals surface area contributed by atoms with Crippen LogP contribution >= 0.6 is 11.3 Å². The molecule has 0 aromatic carbocycles. The molecule has 1 fully saturated rings. The number of nitrogens with zero attached hydrogens (tertiary/aromatic N) is 3. The summed E-state index contributed by atoms with van der Waals surface area (Å²) in [5.41, 5.74) is 5.80. The molecule has 6 heteroatoms. The number of nitrogens with two attached hydrogens (primary N) is 1. The third kappa shape index (κ3) is 2.92. The molecule has 20 heavy (non-hydrogen) atoms. The van der Waals surface area contributed by atoms with Gasteiger partial charge in [0.1, 0.15) is 0 Å². The summed E-state index contributed by atoms with van der Waals surface area (Å²) in [6.07, 6.45) is 2.42. The van der Waals surface area contributed by atoms with Crippen LogP contribution in [0.25, 0.3) is 10.8 Å². The van der Waals surface area contributed by atoms with Gasteiger partial charge in [0.2, 0.25) is 0 Å². The van der Waals surface area contributed by atoms with Crippen LogP contribution in [0.4, 0.5) is 0 Å². The Morgan fingerprint density at radius 1 is 1.50 bits per heavy atom. The average molecular weight is 292 g/mol. The maximum Gasteiger partial charge on any atom is 0.268 e. The highest BCUT2D eigenvalue weighted by Crippen LogP contribution is 2.25. The fourth-order valence-electron chi connectivity index (χ4n) is 2.68. The van der Waals surface area contributed by atoms with E-state index in [-0.39, 0.29) is 0 Å². The van der Waals surface area contributed by atoms with Crippen molar-refractivity contribution >= 4 is 11.3 Å². The van der Waals surface area contributed by atoms with E-state index in [9.17, 15) is 0 Å². The standard InChI is InChI=1S/C14H20N4OS/c1-10-4-5-11(7-15)8-18(10)9-13-16-14(19-17-13)12-3-2-6-20-12/h2-3,6,10-11H,4-5,7-9,15H2,1H3. The number of aromatic nitrogens is 2. The van der Waals surface area contributed by atoms with E-state index >= 15 is 0 Å². The van der Waals surface area contributed by atoms with Crippen molar-refractivity contribution in [3.8, 4) is 10.8 Å². The first-order valence-electron chi connectivity index (χ1n) is 7.07. The summed E-state index contributed by atoms with van der Waals surface area (Å²) in [7, 11) is 0. The van der Waals surface area contributed by atoms with Gasteiger partial charge in [-0.3, -0.25) is 4.90 Å².